The van der Waals surface area contributed by atoms with Crippen LogP contribution in [0.1, 0.15) is 23.2 Å². The summed E-state index contributed by atoms with van der Waals surface area (Å²) in [6.07, 6.45) is 0. The van der Waals surface area contributed by atoms with Crippen LogP contribution >= 0.6 is 11.3 Å². The van der Waals surface area contributed by atoms with Gasteiger partial charge in [0, 0.05) is 18.5 Å². The largest absolute Gasteiger partial charge is 0.459 e. The van der Waals surface area contributed by atoms with Crippen molar-refractivity contribution in [3.8, 4) is 10.8 Å². The predicted molar refractivity (Wildman–Crippen MR) is 82.3 cm³/mol. The maximum absolute atomic E-state index is 12.5. The maximum Gasteiger partial charge on any atom is 0.273 e. The minimum Gasteiger partial charge on any atom is -0.459 e. The lowest BCUT2D eigenvalue weighted by atomic mass is 9.98. The molecule has 2 aromatic rings. The second kappa shape index (κ2) is 5.57. The first-order chi connectivity index (χ1) is 10.5. The van der Waals surface area contributed by atoms with Crippen LogP contribution in [0.5, 0.6) is 0 Å². The van der Waals surface area contributed by atoms with Crippen molar-refractivity contribution in [1.29, 1.82) is 0 Å². The summed E-state index contributed by atoms with van der Waals surface area (Å²) in [6.45, 7) is 4.68. The highest BCUT2D eigenvalue weighted by atomic mass is 32.1. The van der Waals surface area contributed by atoms with Crippen molar-refractivity contribution >= 4 is 23.2 Å². The Morgan fingerprint density at radius 3 is 2.77 bits per heavy atom. The number of aryl methyl sites for hydroxylation is 1. The molecule has 2 amide bonds. The molecule has 1 aliphatic heterocycles. The molecular weight excluding hydrogens is 302 g/mol. The molecule has 2 atom stereocenters. The molecule has 0 saturated carbocycles. The number of amides is 2. The summed E-state index contributed by atoms with van der Waals surface area (Å²) >= 11 is 1.37. The van der Waals surface area contributed by atoms with Gasteiger partial charge in [-0.05, 0) is 25.0 Å². The summed E-state index contributed by atoms with van der Waals surface area (Å²) in [7, 11) is 0. The third kappa shape index (κ3) is 2.64. The molecule has 7 heteroatoms. The van der Waals surface area contributed by atoms with Crippen molar-refractivity contribution < 1.29 is 14.0 Å². The molecule has 6 nitrogen and oxygen atoms in total. The molecule has 2 aromatic heterocycles. The van der Waals surface area contributed by atoms with Crippen molar-refractivity contribution in [2.24, 2.45) is 17.6 Å². The van der Waals surface area contributed by atoms with Crippen LogP contribution < -0.4 is 5.73 Å². The lowest BCUT2D eigenvalue weighted by Crippen LogP contribution is -2.32. The van der Waals surface area contributed by atoms with Crippen LogP contribution in [0.4, 0.5) is 0 Å². The van der Waals surface area contributed by atoms with E-state index < -0.39 is 0 Å². The first-order valence-corrected chi connectivity index (χ1v) is 7.94. The SMILES string of the molecule is Cc1ccc(-c2nc(C(=O)N3C[C@@H](C)[C@H](C(N)=O)C3)cs2)o1. The van der Waals surface area contributed by atoms with E-state index in [1.54, 1.807) is 10.3 Å². The molecule has 0 spiro atoms. The van der Waals surface area contributed by atoms with Crippen LogP contribution in [-0.2, 0) is 4.79 Å². The highest BCUT2D eigenvalue weighted by Gasteiger charge is 2.36. The van der Waals surface area contributed by atoms with E-state index in [1.807, 2.05) is 26.0 Å². The van der Waals surface area contributed by atoms with Gasteiger partial charge < -0.3 is 15.1 Å². The Hall–Kier alpha value is -2.15. The number of furan rings is 1. The summed E-state index contributed by atoms with van der Waals surface area (Å²) in [5.74, 6) is 0.735. The molecular formula is C15H17N3O3S. The fourth-order valence-corrected chi connectivity index (χ4v) is 3.45. The smallest absolute Gasteiger partial charge is 0.273 e. The summed E-state index contributed by atoms with van der Waals surface area (Å²) in [5.41, 5.74) is 5.75. The van der Waals surface area contributed by atoms with Gasteiger partial charge in [0.15, 0.2) is 10.8 Å². The zero-order valence-electron chi connectivity index (χ0n) is 12.4. The van der Waals surface area contributed by atoms with Crippen LogP contribution in [0.2, 0.25) is 0 Å². The van der Waals surface area contributed by atoms with Crippen LogP contribution in [0.15, 0.2) is 21.9 Å². The molecule has 0 unspecified atom stereocenters. The van der Waals surface area contributed by atoms with E-state index in [4.69, 9.17) is 10.2 Å². The summed E-state index contributed by atoms with van der Waals surface area (Å²) < 4.78 is 5.52. The standard InChI is InChI=1S/C15H17N3O3S/c1-8-5-18(6-10(8)13(16)19)15(20)11-7-22-14(17-11)12-4-3-9(2)21-12/h3-4,7-8,10H,5-6H2,1-2H3,(H2,16,19)/t8-,10-/m1/s1. The van der Waals surface area contributed by atoms with Gasteiger partial charge in [0.05, 0.1) is 5.92 Å². The van der Waals surface area contributed by atoms with E-state index >= 15 is 0 Å². The number of likely N-dealkylation sites (tertiary alicyclic amines) is 1. The fraction of sp³-hybridized carbons (Fsp3) is 0.400. The second-order valence-corrected chi connectivity index (χ2v) is 6.50. The number of hydrogen-bond donors (Lipinski definition) is 1. The molecule has 0 radical (unpaired) electrons. The lowest BCUT2D eigenvalue weighted by molar-refractivity contribution is -0.122. The van der Waals surface area contributed by atoms with Gasteiger partial charge in [-0.15, -0.1) is 11.3 Å². The first-order valence-electron chi connectivity index (χ1n) is 7.06. The fourth-order valence-electron chi connectivity index (χ4n) is 2.70. The van der Waals surface area contributed by atoms with Crippen LogP contribution in [0.25, 0.3) is 10.8 Å². The van der Waals surface area contributed by atoms with Gasteiger partial charge in [0.25, 0.3) is 5.91 Å². The minimum atomic E-state index is -0.354. The summed E-state index contributed by atoms with van der Waals surface area (Å²) in [6, 6.07) is 3.70. The van der Waals surface area contributed by atoms with E-state index in [9.17, 15) is 9.59 Å². The van der Waals surface area contributed by atoms with Crippen molar-refractivity contribution in [3.05, 3.63) is 29.0 Å². The van der Waals surface area contributed by atoms with E-state index in [-0.39, 0.29) is 23.7 Å². The highest BCUT2D eigenvalue weighted by molar-refractivity contribution is 7.13. The number of nitrogens with two attached hydrogens (primary N) is 1. The topological polar surface area (TPSA) is 89.4 Å². The van der Waals surface area contributed by atoms with Crippen LogP contribution in [-0.4, -0.2) is 34.8 Å². The molecule has 1 fully saturated rings. The van der Waals surface area contributed by atoms with Crippen molar-refractivity contribution in [2.75, 3.05) is 13.1 Å². The quantitative estimate of drug-likeness (QED) is 0.935. The van der Waals surface area contributed by atoms with Gasteiger partial charge in [-0.25, -0.2) is 4.98 Å². The van der Waals surface area contributed by atoms with E-state index in [1.165, 1.54) is 11.3 Å². The molecule has 3 rings (SSSR count). The Morgan fingerprint density at radius 1 is 1.41 bits per heavy atom. The van der Waals surface area contributed by atoms with E-state index in [0.717, 1.165) is 5.76 Å². The molecule has 116 valence electrons. The third-order valence-electron chi connectivity index (χ3n) is 3.94. The third-order valence-corrected chi connectivity index (χ3v) is 4.80. The Balaban J connectivity index is 1.76. The Labute approximate surface area is 131 Å². The number of rotatable bonds is 3. The monoisotopic (exact) mass is 319 g/mol. The van der Waals surface area contributed by atoms with Crippen molar-refractivity contribution in [2.45, 2.75) is 13.8 Å². The molecule has 1 saturated heterocycles. The second-order valence-electron chi connectivity index (χ2n) is 5.64. The highest BCUT2D eigenvalue weighted by Crippen LogP contribution is 2.28. The average Bonchev–Trinajstić information content (AvgIpc) is 3.16. The number of hydrogen-bond acceptors (Lipinski definition) is 5. The molecule has 3 heterocycles. The molecule has 1 aliphatic rings. The van der Waals surface area contributed by atoms with Gasteiger partial charge >= 0.3 is 0 Å². The number of thiazole rings is 1. The number of primary amides is 1. The van der Waals surface area contributed by atoms with Gasteiger partial charge in [-0.3, -0.25) is 9.59 Å². The van der Waals surface area contributed by atoms with Crippen molar-refractivity contribution in [1.82, 2.24) is 9.88 Å². The lowest BCUT2D eigenvalue weighted by Gasteiger charge is -2.14. The van der Waals surface area contributed by atoms with Crippen LogP contribution in [0, 0.1) is 18.8 Å². The van der Waals surface area contributed by atoms with E-state index in [2.05, 4.69) is 4.98 Å². The normalized spacial score (nSPS) is 21.3. The maximum atomic E-state index is 12.5. The Kier molecular flexibility index (Phi) is 3.74. The molecule has 22 heavy (non-hydrogen) atoms. The van der Waals surface area contributed by atoms with Crippen LogP contribution in [0.3, 0.4) is 0 Å². The zero-order chi connectivity index (χ0) is 15.9. The molecule has 0 bridgehead atoms. The minimum absolute atomic E-state index is 0.0762. The van der Waals surface area contributed by atoms with Crippen molar-refractivity contribution in [3.63, 3.8) is 0 Å². The van der Waals surface area contributed by atoms with Gasteiger partial charge in [0.1, 0.15) is 11.5 Å². The zero-order valence-corrected chi connectivity index (χ0v) is 13.2. The molecule has 0 aliphatic carbocycles. The number of carbonyl (C=O) groups is 2. The van der Waals surface area contributed by atoms with E-state index in [0.29, 0.717) is 29.6 Å². The number of aromatic nitrogens is 1. The summed E-state index contributed by atoms with van der Waals surface area (Å²) in [5, 5.41) is 2.40. The number of nitrogens with zero attached hydrogens (tertiary/aromatic N) is 2. The molecule has 2 N–H and O–H groups in total. The van der Waals surface area contributed by atoms with Gasteiger partial charge in [-0.2, -0.15) is 0 Å². The summed E-state index contributed by atoms with van der Waals surface area (Å²) in [4.78, 5) is 29.9. The molecule has 0 aromatic carbocycles. The average molecular weight is 319 g/mol. The van der Waals surface area contributed by atoms with Gasteiger partial charge in [0.2, 0.25) is 5.91 Å². The van der Waals surface area contributed by atoms with Gasteiger partial charge in [-0.1, -0.05) is 6.92 Å². The number of carbonyl (C=O) groups excluding carboxylic acids is 2. The Morgan fingerprint density at radius 2 is 2.18 bits per heavy atom. The first kappa shape index (κ1) is 14.8. The predicted octanol–water partition coefficient (Wildman–Crippen LogP) is 1.90. The Bertz CT molecular complexity index is 721.